The number of H-pyrrole nitrogens is 1. The summed E-state index contributed by atoms with van der Waals surface area (Å²) in [7, 11) is 1.78. The van der Waals surface area contributed by atoms with E-state index in [1.807, 2.05) is 0 Å². The molecule has 0 unspecified atom stereocenters. The summed E-state index contributed by atoms with van der Waals surface area (Å²) in [5.74, 6) is -2.01. The van der Waals surface area contributed by atoms with Gasteiger partial charge >= 0.3 is 6.09 Å². The van der Waals surface area contributed by atoms with Crippen molar-refractivity contribution < 1.29 is 23.0 Å². The zero-order chi connectivity index (χ0) is 22.2. The Balaban J connectivity index is 1.47. The fourth-order valence-corrected chi connectivity index (χ4v) is 3.58. The van der Waals surface area contributed by atoms with E-state index in [1.165, 1.54) is 11.1 Å². The van der Waals surface area contributed by atoms with Gasteiger partial charge in [-0.2, -0.15) is 10.2 Å². The van der Waals surface area contributed by atoms with E-state index in [0.717, 1.165) is 17.7 Å². The number of hydrogen-bond acceptors (Lipinski definition) is 6. The van der Waals surface area contributed by atoms with Gasteiger partial charge in [-0.25, -0.2) is 13.6 Å². The van der Waals surface area contributed by atoms with E-state index in [4.69, 9.17) is 9.47 Å². The van der Waals surface area contributed by atoms with E-state index in [0.29, 0.717) is 42.9 Å². The molecule has 1 N–H and O–H groups in total. The average molecular weight is 440 g/mol. The highest BCUT2D eigenvalue weighted by molar-refractivity contribution is 5.94. The molecule has 0 aliphatic carbocycles. The van der Waals surface area contributed by atoms with Crippen LogP contribution in [0.15, 0.2) is 36.8 Å². The van der Waals surface area contributed by atoms with Crippen molar-refractivity contribution in [2.45, 2.75) is 0 Å². The molecule has 32 heavy (non-hydrogen) atoms. The van der Waals surface area contributed by atoms with E-state index in [1.54, 1.807) is 30.2 Å². The number of carbonyl (C=O) groups is 1. The SMILES string of the molecule is Cn1cc(-c2n[nH]c3cnc(-c4c(F)cc(OC(=O)N5CCOCC5)cc4F)cc23)cn1. The molecule has 5 rings (SSSR count). The molecule has 164 valence electrons. The van der Waals surface area contributed by atoms with Crippen LogP contribution in [0.4, 0.5) is 13.6 Å². The number of aromatic nitrogens is 5. The molecule has 1 saturated heterocycles. The van der Waals surface area contributed by atoms with Gasteiger partial charge in [-0.3, -0.25) is 14.8 Å². The van der Waals surface area contributed by atoms with E-state index >= 15 is 0 Å². The van der Waals surface area contributed by atoms with Gasteiger partial charge in [0.15, 0.2) is 0 Å². The summed E-state index contributed by atoms with van der Waals surface area (Å²) in [6.07, 6.45) is 4.21. The smallest absolute Gasteiger partial charge is 0.410 e. The van der Waals surface area contributed by atoms with Gasteiger partial charge in [0.05, 0.1) is 42.4 Å². The zero-order valence-corrected chi connectivity index (χ0v) is 17.0. The van der Waals surface area contributed by atoms with E-state index in [-0.39, 0.29) is 17.0 Å². The van der Waals surface area contributed by atoms with Gasteiger partial charge in [0.25, 0.3) is 0 Å². The summed E-state index contributed by atoms with van der Waals surface area (Å²) in [5.41, 5.74) is 1.72. The van der Waals surface area contributed by atoms with Crippen molar-refractivity contribution in [2.24, 2.45) is 7.05 Å². The van der Waals surface area contributed by atoms with E-state index in [9.17, 15) is 13.6 Å². The number of morpholine rings is 1. The number of ether oxygens (including phenoxy) is 2. The first-order valence-electron chi connectivity index (χ1n) is 9.86. The fraction of sp³-hybridized carbons (Fsp3) is 0.238. The van der Waals surface area contributed by atoms with Gasteiger partial charge in [0.2, 0.25) is 0 Å². The Bertz CT molecular complexity index is 1290. The minimum absolute atomic E-state index is 0.0881. The van der Waals surface area contributed by atoms with Crippen molar-refractivity contribution in [3.8, 4) is 28.3 Å². The number of rotatable bonds is 3. The Labute approximate surface area is 180 Å². The largest absolute Gasteiger partial charge is 0.415 e. The number of fused-ring (bicyclic) bond motifs is 1. The summed E-state index contributed by atoms with van der Waals surface area (Å²) in [6, 6.07) is 3.50. The van der Waals surface area contributed by atoms with Crippen LogP contribution in [-0.2, 0) is 11.8 Å². The van der Waals surface area contributed by atoms with E-state index < -0.39 is 17.7 Å². The minimum Gasteiger partial charge on any atom is -0.410 e. The molecular formula is C21H18F2N6O3. The molecule has 1 amide bonds. The van der Waals surface area contributed by atoms with Gasteiger partial charge < -0.3 is 14.4 Å². The molecule has 4 heterocycles. The zero-order valence-electron chi connectivity index (χ0n) is 17.0. The number of benzene rings is 1. The van der Waals surface area contributed by atoms with E-state index in [2.05, 4.69) is 20.3 Å². The molecule has 0 radical (unpaired) electrons. The predicted molar refractivity (Wildman–Crippen MR) is 110 cm³/mol. The van der Waals surface area contributed by atoms with Crippen molar-refractivity contribution in [1.29, 1.82) is 0 Å². The fourth-order valence-electron chi connectivity index (χ4n) is 3.58. The molecular weight excluding hydrogens is 422 g/mol. The number of nitrogens with zero attached hydrogens (tertiary/aromatic N) is 5. The van der Waals surface area contributed by atoms with Crippen LogP contribution < -0.4 is 4.74 Å². The number of halogens is 2. The molecule has 1 fully saturated rings. The maximum Gasteiger partial charge on any atom is 0.415 e. The number of aromatic amines is 1. The van der Waals surface area contributed by atoms with Crippen LogP contribution in [-0.4, -0.2) is 62.3 Å². The highest BCUT2D eigenvalue weighted by Gasteiger charge is 2.22. The highest BCUT2D eigenvalue weighted by Crippen LogP contribution is 2.33. The van der Waals surface area contributed by atoms with Crippen LogP contribution in [0.1, 0.15) is 0 Å². The number of pyridine rings is 1. The van der Waals surface area contributed by atoms with Crippen molar-refractivity contribution in [3.05, 3.63) is 48.4 Å². The molecule has 1 aromatic carbocycles. The standard InChI is InChI=1S/C21H18F2N6O3/c1-28-11-12(9-25-28)20-14-8-17(24-10-18(14)26-27-20)19-15(22)6-13(7-16(19)23)32-21(30)29-2-4-31-5-3-29/h6-11H,2-5H2,1H3,(H,26,27). The van der Waals surface area contributed by atoms with Crippen LogP contribution in [0.5, 0.6) is 5.75 Å². The molecule has 0 spiro atoms. The summed E-state index contributed by atoms with van der Waals surface area (Å²) < 4.78 is 41.8. The lowest BCUT2D eigenvalue weighted by atomic mass is 10.1. The Kier molecular flexibility index (Phi) is 5.02. The first-order valence-corrected chi connectivity index (χ1v) is 9.86. The normalized spacial score (nSPS) is 14.2. The number of nitrogens with one attached hydrogen (secondary N) is 1. The van der Waals surface area contributed by atoms with Gasteiger partial charge in [-0.15, -0.1) is 0 Å². The van der Waals surface area contributed by atoms with Gasteiger partial charge in [0, 0.05) is 49.4 Å². The van der Waals surface area contributed by atoms with Crippen LogP contribution in [0.2, 0.25) is 0 Å². The number of carbonyl (C=O) groups excluding carboxylic acids is 1. The number of amides is 1. The topological polar surface area (TPSA) is 98.2 Å². The third-order valence-corrected chi connectivity index (χ3v) is 5.17. The Morgan fingerprint density at radius 2 is 1.91 bits per heavy atom. The molecule has 4 aromatic rings. The van der Waals surface area contributed by atoms with Crippen LogP contribution in [0.25, 0.3) is 33.4 Å². The Morgan fingerprint density at radius 1 is 1.16 bits per heavy atom. The van der Waals surface area contributed by atoms with Crippen LogP contribution in [0.3, 0.4) is 0 Å². The second-order valence-electron chi connectivity index (χ2n) is 7.32. The second-order valence-corrected chi connectivity index (χ2v) is 7.32. The van der Waals surface area contributed by atoms with Crippen LogP contribution in [0, 0.1) is 11.6 Å². The molecule has 3 aromatic heterocycles. The maximum atomic E-state index is 14.9. The third-order valence-electron chi connectivity index (χ3n) is 5.17. The van der Waals surface area contributed by atoms with Crippen molar-refractivity contribution >= 4 is 17.0 Å². The predicted octanol–water partition coefficient (Wildman–Crippen LogP) is 3.13. The lowest BCUT2D eigenvalue weighted by Gasteiger charge is -2.25. The van der Waals surface area contributed by atoms with Crippen LogP contribution >= 0.6 is 0 Å². The third kappa shape index (κ3) is 3.66. The maximum absolute atomic E-state index is 14.9. The number of aryl methyl sites for hydroxylation is 1. The van der Waals surface area contributed by atoms with Gasteiger partial charge in [0.1, 0.15) is 23.1 Å². The minimum atomic E-state index is -0.895. The lowest BCUT2D eigenvalue weighted by molar-refractivity contribution is 0.0415. The quantitative estimate of drug-likeness (QED) is 0.526. The molecule has 0 saturated carbocycles. The lowest BCUT2D eigenvalue weighted by Crippen LogP contribution is -2.42. The van der Waals surface area contributed by atoms with Crippen molar-refractivity contribution in [2.75, 3.05) is 26.3 Å². The second kappa shape index (κ2) is 8.00. The molecule has 0 bridgehead atoms. The molecule has 11 heteroatoms. The molecule has 1 aliphatic heterocycles. The monoisotopic (exact) mass is 440 g/mol. The van der Waals surface area contributed by atoms with Gasteiger partial charge in [-0.05, 0) is 6.07 Å². The van der Waals surface area contributed by atoms with Crippen molar-refractivity contribution in [1.82, 2.24) is 29.9 Å². The summed E-state index contributed by atoms with van der Waals surface area (Å²) in [6.45, 7) is 1.49. The Hall–Kier alpha value is -3.86. The Morgan fingerprint density at radius 3 is 2.59 bits per heavy atom. The summed E-state index contributed by atoms with van der Waals surface area (Å²) in [4.78, 5) is 17.8. The molecule has 0 atom stereocenters. The molecule has 1 aliphatic rings. The first-order chi connectivity index (χ1) is 15.5. The first kappa shape index (κ1) is 20.1. The van der Waals surface area contributed by atoms with Crippen molar-refractivity contribution in [3.63, 3.8) is 0 Å². The highest BCUT2D eigenvalue weighted by atomic mass is 19.1. The average Bonchev–Trinajstić information content (AvgIpc) is 3.39. The van der Waals surface area contributed by atoms with Gasteiger partial charge in [-0.1, -0.05) is 0 Å². The summed E-state index contributed by atoms with van der Waals surface area (Å²) >= 11 is 0. The summed E-state index contributed by atoms with van der Waals surface area (Å²) in [5, 5.41) is 11.9. The molecule has 9 nitrogen and oxygen atoms in total. The number of hydrogen-bond donors (Lipinski definition) is 1.